The van der Waals surface area contributed by atoms with E-state index in [-0.39, 0.29) is 34.7 Å². The molecule has 35 heavy (non-hydrogen) atoms. The fraction of sp³-hybridized carbons (Fsp3) is 0.259. The first-order chi connectivity index (χ1) is 17.0. The fourth-order valence-corrected chi connectivity index (χ4v) is 5.18. The van der Waals surface area contributed by atoms with Gasteiger partial charge in [0.1, 0.15) is 5.82 Å². The average Bonchev–Trinajstić information content (AvgIpc) is 2.87. The lowest BCUT2D eigenvalue weighted by Crippen LogP contribution is -2.35. The van der Waals surface area contributed by atoms with E-state index in [1.165, 1.54) is 28.8 Å². The molecule has 0 aromatic heterocycles. The summed E-state index contributed by atoms with van der Waals surface area (Å²) < 4.78 is 14.4. The van der Waals surface area contributed by atoms with E-state index in [1.54, 1.807) is 18.2 Å². The first-order valence-electron chi connectivity index (χ1n) is 11.6. The van der Waals surface area contributed by atoms with Gasteiger partial charge in [0.25, 0.3) is 5.91 Å². The van der Waals surface area contributed by atoms with Crippen LogP contribution in [0.1, 0.15) is 29.3 Å². The van der Waals surface area contributed by atoms with Gasteiger partial charge in [-0.25, -0.2) is 4.39 Å². The van der Waals surface area contributed by atoms with Crippen molar-refractivity contribution in [3.05, 3.63) is 88.7 Å². The molecule has 1 heterocycles. The summed E-state index contributed by atoms with van der Waals surface area (Å²) in [6.45, 7) is 4.36. The van der Waals surface area contributed by atoms with E-state index >= 15 is 0 Å². The van der Waals surface area contributed by atoms with Crippen LogP contribution in [0, 0.1) is 5.82 Å². The topological polar surface area (TPSA) is 52.7 Å². The number of halogens is 2. The number of benzene rings is 3. The van der Waals surface area contributed by atoms with Crippen LogP contribution in [0.25, 0.3) is 0 Å². The monoisotopic (exact) mass is 511 g/mol. The Hall–Kier alpha value is -3.03. The second-order valence-corrected chi connectivity index (χ2v) is 9.60. The second-order valence-electron chi connectivity index (χ2n) is 8.18. The Bertz CT molecular complexity index is 1190. The summed E-state index contributed by atoms with van der Waals surface area (Å²) in [6.07, 6.45) is 0.797. The van der Waals surface area contributed by atoms with Crippen molar-refractivity contribution < 1.29 is 14.0 Å². The van der Waals surface area contributed by atoms with Crippen LogP contribution in [0.5, 0.6) is 0 Å². The molecule has 3 aromatic rings. The van der Waals surface area contributed by atoms with Gasteiger partial charge in [-0.2, -0.15) is 0 Å². The Labute approximate surface area is 214 Å². The number of hydrogen-bond donors (Lipinski definition) is 1. The zero-order valence-corrected chi connectivity index (χ0v) is 21.0. The van der Waals surface area contributed by atoms with Crippen LogP contribution >= 0.6 is 23.4 Å². The summed E-state index contributed by atoms with van der Waals surface area (Å²) in [4.78, 5) is 30.2. The number of hydrogen-bond acceptors (Lipinski definition) is 4. The van der Waals surface area contributed by atoms with Crippen molar-refractivity contribution in [3.8, 4) is 0 Å². The van der Waals surface area contributed by atoms with Crippen LogP contribution in [0.4, 0.5) is 15.8 Å². The smallest absolute Gasteiger partial charge is 0.251 e. The molecule has 2 amide bonds. The van der Waals surface area contributed by atoms with Crippen LogP contribution < -0.4 is 15.1 Å². The van der Waals surface area contributed by atoms with Gasteiger partial charge in [0.2, 0.25) is 5.91 Å². The van der Waals surface area contributed by atoms with Crippen LogP contribution in [0.3, 0.4) is 0 Å². The molecule has 1 N–H and O–H groups in total. The molecule has 8 heteroatoms. The molecule has 0 unspecified atom stereocenters. The molecule has 0 saturated heterocycles. The van der Waals surface area contributed by atoms with E-state index in [0.29, 0.717) is 17.8 Å². The molecule has 1 aliphatic rings. The molecule has 0 fully saturated rings. The third-order valence-electron chi connectivity index (χ3n) is 5.94. The summed E-state index contributed by atoms with van der Waals surface area (Å²) in [5.74, 6) is -0.571. The molecule has 4 rings (SSSR count). The summed E-state index contributed by atoms with van der Waals surface area (Å²) >= 11 is 7.61. The maximum absolute atomic E-state index is 14.4. The fourth-order valence-electron chi connectivity index (χ4n) is 4.04. The minimum Gasteiger partial charge on any atom is -0.372 e. The van der Waals surface area contributed by atoms with Crippen molar-refractivity contribution in [2.24, 2.45) is 0 Å². The van der Waals surface area contributed by atoms with Gasteiger partial charge in [0.15, 0.2) is 0 Å². The van der Waals surface area contributed by atoms with Gasteiger partial charge >= 0.3 is 0 Å². The van der Waals surface area contributed by atoms with Gasteiger partial charge in [-0.3, -0.25) is 9.59 Å². The van der Waals surface area contributed by atoms with E-state index < -0.39 is 5.82 Å². The molecule has 5 nitrogen and oxygen atoms in total. The molecular formula is C27H27ClFN3O2S. The van der Waals surface area contributed by atoms with Gasteiger partial charge in [-0.15, -0.1) is 11.8 Å². The van der Waals surface area contributed by atoms with Crippen LogP contribution in [-0.4, -0.2) is 37.2 Å². The number of fused-ring (bicyclic) bond motifs is 1. The van der Waals surface area contributed by atoms with E-state index in [1.807, 2.05) is 24.3 Å². The van der Waals surface area contributed by atoms with Crippen molar-refractivity contribution in [1.82, 2.24) is 5.32 Å². The third-order valence-corrected chi connectivity index (χ3v) is 7.34. The summed E-state index contributed by atoms with van der Waals surface area (Å²) in [7, 11) is 0. The Kier molecular flexibility index (Phi) is 8.31. The lowest BCUT2D eigenvalue weighted by Gasteiger charge is -2.30. The number of carbonyl (C=O) groups excluding carboxylic acids is 2. The van der Waals surface area contributed by atoms with E-state index in [4.69, 9.17) is 11.6 Å². The number of nitrogens with zero attached hydrogens (tertiary/aromatic N) is 2. The van der Waals surface area contributed by atoms with Crippen LogP contribution in [0.15, 0.2) is 71.6 Å². The van der Waals surface area contributed by atoms with Crippen molar-refractivity contribution in [1.29, 1.82) is 0 Å². The minimum atomic E-state index is -0.462. The maximum atomic E-state index is 14.4. The van der Waals surface area contributed by atoms with Gasteiger partial charge < -0.3 is 15.1 Å². The highest BCUT2D eigenvalue weighted by Gasteiger charge is 2.27. The molecule has 0 bridgehead atoms. The molecule has 0 spiro atoms. The molecule has 0 saturated carbocycles. The Morgan fingerprint density at radius 1 is 1.14 bits per heavy atom. The molecule has 0 aliphatic carbocycles. The lowest BCUT2D eigenvalue weighted by molar-refractivity contribution is -0.116. The van der Waals surface area contributed by atoms with Gasteiger partial charge in [0, 0.05) is 46.4 Å². The number of rotatable bonds is 9. The number of nitrogens with one attached hydrogen (secondary N) is 1. The first kappa shape index (κ1) is 25.1. The maximum Gasteiger partial charge on any atom is 0.251 e. The molecule has 182 valence electrons. The largest absolute Gasteiger partial charge is 0.372 e. The predicted octanol–water partition coefficient (Wildman–Crippen LogP) is 5.76. The highest BCUT2D eigenvalue weighted by molar-refractivity contribution is 8.00. The number of carbonyl (C=O) groups is 2. The third kappa shape index (κ3) is 5.97. The lowest BCUT2D eigenvalue weighted by atomic mass is 10.1. The Balaban J connectivity index is 1.42. The van der Waals surface area contributed by atoms with Crippen molar-refractivity contribution in [3.63, 3.8) is 0 Å². The summed E-state index contributed by atoms with van der Waals surface area (Å²) in [6, 6.07) is 19.9. The molecule has 0 radical (unpaired) electrons. The zero-order chi connectivity index (χ0) is 24.8. The zero-order valence-electron chi connectivity index (χ0n) is 19.5. The number of amides is 2. The van der Waals surface area contributed by atoms with Crippen molar-refractivity contribution in [2.45, 2.75) is 24.8 Å². The standard InChI is InChI=1S/C27H27ClFN3O2S/c1-2-31(20-8-4-3-5-9-20)15-7-14-30-27(34)19-12-13-25-24(16-19)32(26(33)18-35-25)17-21-22(28)10-6-11-23(21)29/h3-6,8-13,16H,2,7,14-15,17-18H2,1H3,(H,30,34). The van der Waals surface area contributed by atoms with Gasteiger partial charge in [-0.1, -0.05) is 35.9 Å². The minimum absolute atomic E-state index is 0.00924. The number of thioether (sulfide) groups is 1. The normalized spacial score (nSPS) is 12.9. The number of para-hydroxylation sites is 1. The van der Waals surface area contributed by atoms with E-state index in [9.17, 15) is 14.0 Å². The highest BCUT2D eigenvalue weighted by atomic mass is 35.5. The van der Waals surface area contributed by atoms with E-state index in [2.05, 4.69) is 29.3 Å². The number of anilines is 2. The molecule has 3 aromatic carbocycles. The Morgan fingerprint density at radius 2 is 1.94 bits per heavy atom. The first-order valence-corrected chi connectivity index (χ1v) is 12.9. The van der Waals surface area contributed by atoms with Crippen molar-refractivity contribution in [2.75, 3.05) is 35.2 Å². The SMILES string of the molecule is CCN(CCCNC(=O)c1ccc2c(c1)N(Cc1c(F)cccc1Cl)C(=O)CS2)c1ccccc1. The molecule has 1 aliphatic heterocycles. The van der Waals surface area contributed by atoms with Gasteiger partial charge in [-0.05, 0) is 55.8 Å². The average molecular weight is 512 g/mol. The summed E-state index contributed by atoms with van der Waals surface area (Å²) in [5, 5.41) is 3.24. The quantitative estimate of drug-likeness (QED) is 0.371. The highest BCUT2D eigenvalue weighted by Crippen LogP contribution is 2.37. The van der Waals surface area contributed by atoms with Crippen LogP contribution in [-0.2, 0) is 11.3 Å². The van der Waals surface area contributed by atoms with Crippen molar-refractivity contribution >= 4 is 46.6 Å². The summed E-state index contributed by atoms with van der Waals surface area (Å²) in [5.41, 5.74) is 2.47. The molecular weight excluding hydrogens is 485 g/mol. The van der Waals surface area contributed by atoms with E-state index in [0.717, 1.165) is 30.1 Å². The van der Waals surface area contributed by atoms with Crippen LogP contribution in [0.2, 0.25) is 5.02 Å². The Morgan fingerprint density at radius 3 is 2.69 bits per heavy atom. The second kappa shape index (κ2) is 11.6. The predicted molar refractivity (Wildman–Crippen MR) is 141 cm³/mol. The molecule has 0 atom stereocenters. The van der Waals surface area contributed by atoms with Gasteiger partial charge in [0.05, 0.1) is 18.0 Å².